The van der Waals surface area contributed by atoms with Gasteiger partial charge in [0.1, 0.15) is 5.52 Å². The molecule has 1 N–H and O–H groups in total. The first-order chi connectivity index (χ1) is 15.4. The first-order valence-electron chi connectivity index (χ1n) is 11.4. The van der Waals surface area contributed by atoms with Crippen molar-refractivity contribution in [2.24, 2.45) is 0 Å². The van der Waals surface area contributed by atoms with Crippen LogP contribution in [0.2, 0.25) is 0 Å². The van der Waals surface area contributed by atoms with Crippen LogP contribution in [-0.2, 0) is 22.4 Å². The van der Waals surface area contributed by atoms with Gasteiger partial charge in [0.2, 0.25) is 11.7 Å². The van der Waals surface area contributed by atoms with Crippen LogP contribution in [0.1, 0.15) is 92.5 Å². The highest BCUT2D eigenvalue weighted by molar-refractivity contribution is 6.36. The summed E-state index contributed by atoms with van der Waals surface area (Å²) in [6.45, 7) is 5.45. The van der Waals surface area contributed by atoms with E-state index in [1.165, 1.54) is 12.0 Å². The third kappa shape index (κ3) is 4.92. The molecule has 0 amide bonds. The number of aromatic nitrogens is 2. The molecule has 7 heteroatoms. The third-order valence-corrected chi connectivity index (χ3v) is 6.42. The van der Waals surface area contributed by atoms with Crippen molar-refractivity contribution in [3.63, 3.8) is 0 Å². The molecule has 0 saturated heterocycles. The average Bonchev–Trinajstić information content (AvgIpc) is 3.14. The van der Waals surface area contributed by atoms with Gasteiger partial charge >= 0.3 is 5.97 Å². The lowest BCUT2D eigenvalue weighted by atomic mass is 9.87. The topological polar surface area (TPSA) is 98.0 Å². The van der Waals surface area contributed by atoms with Crippen molar-refractivity contribution >= 4 is 23.6 Å². The number of aldehydes is 1. The second-order valence-electron chi connectivity index (χ2n) is 8.48. The summed E-state index contributed by atoms with van der Waals surface area (Å²) in [5.41, 5.74) is 4.51. The summed E-state index contributed by atoms with van der Waals surface area (Å²) < 4.78 is 7.53. The number of allylic oxidation sites excluding steroid dienone is 2. The highest BCUT2D eigenvalue weighted by Crippen LogP contribution is 2.37. The van der Waals surface area contributed by atoms with Crippen molar-refractivity contribution in [3.8, 4) is 5.88 Å². The van der Waals surface area contributed by atoms with E-state index in [0.29, 0.717) is 24.6 Å². The average molecular weight is 441 g/mol. The van der Waals surface area contributed by atoms with Crippen LogP contribution in [0, 0.1) is 0 Å². The van der Waals surface area contributed by atoms with Crippen LogP contribution in [0.25, 0.3) is 5.52 Å². The quantitative estimate of drug-likeness (QED) is 0.249. The zero-order valence-electron chi connectivity index (χ0n) is 19.1. The van der Waals surface area contributed by atoms with Gasteiger partial charge in [0.15, 0.2) is 12.9 Å². The largest absolute Gasteiger partial charge is 0.479 e. The number of carboxylic acids is 1. The summed E-state index contributed by atoms with van der Waals surface area (Å²) in [6, 6.07) is 0. The van der Waals surface area contributed by atoms with Gasteiger partial charge in [0.05, 0.1) is 11.3 Å². The molecule has 0 spiro atoms. The number of fused-ring (bicyclic) bond motifs is 1. The molecule has 0 atom stereocenters. The number of Topliss-reactive ketones (excluding diaryl/α,β-unsaturated/α-hetero) is 1. The normalized spacial score (nSPS) is 15.2. The van der Waals surface area contributed by atoms with Gasteiger partial charge in [0, 0.05) is 17.8 Å². The first kappa shape index (κ1) is 23.7. The maximum absolute atomic E-state index is 12.7. The Morgan fingerprint density at radius 1 is 1.28 bits per heavy atom. The standard InChI is InChI=1S/C25H32N2O5/c1-4-16(3)11-12-20-18(5-2)23(21(29)14-28)24-25(32-15-22(30)31)26-19(13-27(20)24)17-9-7-6-8-10-17/h4,13-14,17H,5-12,15H2,1-3H3,(H,30,31)/b16-4+. The number of hydrogen-bond donors (Lipinski definition) is 1. The van der Waals surface area contributed by atoms with Crippen LogP contribution >= 0.6 is 0 Å². The molecule has 2 heterocycles. The van der Waals surface area contributed by atoms with Crippen LogP contribution < -0.4 is 4.74 Å². The molecule has 0 aliphatic heterocycles. The number of aliphatic carboxylic acids is 1. The Morgan fingerprint density at radius 3 is 2.59 bits per heavy atom. The molecule has 2 aromatic heterocycles. The minimum atomic E-state index is -1.12. The number of carbonyl (C=O) groups is 3. The van der Waals surface area contributed by atoms with Crippen LogP contribution in [0.5, 0.6) is 5.88 Å². The van der Waals surface area contributed by atoms with Gasteiger partial charge in [-0.15, -0.1) is 0 Å². The molecule has 2 aromatic rings. The van der Waals surface area contributed by atoms with E-state index >= 15 is 0 Å². The van der Waals surface area contributed by atoms with Crippen LogP contribution in [0.4, 0.5) is 0 Å². The predicted molar refractivity (Wildman–Crippen MR) is 122 cm³/mol. The molecule has 1 aliphatic rings. The van der Waals surface area contributed by atoms with Crippen molar-refractivity contribution in [3.05, 3.63) is 40.4 Å². The number of ketones is 1. The molecule has 0 radical (unpaired) electrons. The van der Waals surface area contributed by atoms with Crippen molar-refractivity contribution in [2.45, 2.75) is 78.1 Å². The van der Waals surface area contributed by atoms with E-state index in [-0.39, 0.29) is 17.4 Å². The molecule has 0 unspecified atom stereocenters. The second kappa shape index (κ2) is 10.6. The van der Waals surface area contributed by atoms with Crippen molar-refractivity contribution in [1.82, 2.24) is 9.38 Å². The fourth-order valence-corrected chi connectivity index (χ4v) is 4.63. The van der Waals surface area contributed by atoms with E-state index in [4.69, 9.17) is 4.74 Å². The van der Waals surface area contributed by atoms with Crippen LogP contribution in [0.3, 0.4) is 0 Å². The van der Waals surface area contributed by atoms with Crippen LogP contribution in [-0.4, -0.2) is 39.1 Å². The summed E-state index contributed by atoms with van der Waals surface area (Å²) in [4.78, 5) is 40.1. The Morgan fingerprint density at radius 2 is 2.00 bits per heavy atom. The van der Waals surface area contributed by atoms with Crippen molar-refractivity contribution in [1.29, 1.82) is 0 Å². The lowest BCUT2D eigenvalue weighted by Crippen LogP contribution is -2.14. The summed E-state index contributed by atoms with van der Waals surface area (Å²) >= 11 is 0. The fourth-order valence-electron chi connectivity index (χ4n) is 4.63. The van der Waals surface area contributed by atoms with Gasteiger partial charge in [-0.2, -0.15) is 0 Å². The predicted octanol–water partition coefficient (Wildman–Crippen LogP) is 4.69. The number of ether oxygens (including phenoxy) is 1. The monoisotopic (exact) mass is 440 g/mol. The zero-order chi connectivity index (χ0) is 23.3. The molecule has 3 rings (SSSR count). The van der Waals surface area contributed by atoms with Gasteiger partial charge in [-0.05, 0) is 51.5 Å². The number of carboxylic acid groups (broad SMARTS) is 1. The maximum atomic E-state index is 12.7. The molecule has 7 nitrogen and oxygen atoms in total. The molecule has 0 bridgehead atoms. The van der Waals surface area contributed by atoms with Crippen LogP contribution in [0.15, 0.2) is 17.8 Å². The van der Waals surface area contributed by atoms with E-state index in [1.807, 2.05) is 24.4 Å². The number of aryl methyl sites for hydroxylation is 1. The van der Waals surface area contributed by atoms with Crippen molar-refractivity contribution in [2.75, 3.05) is 6.61 Å². The molecule has 1 aliphatic carbocycles. The summed E-state index contributed by atoms with van der Waals surface area (Å²) in [5, 5.41) is 9.18. The summed E-state index contributed by atoms with van der Waals surface area (Å²) in [7, 11) is 0. The number of hydrogen-bond acceptors (Lipinski definition) is 5. The zero-order valence-corrected chi connectivity index (χ0v) is 19.1. The van der Waals surface area contributed by atoms with Gasteiger partial charge in [0.25, 0.3) is 0 Å². The Balaban J connectivity index is 2.28. The van der Waals surface area contributed by atoms with E-state index < -0.39 is 18.4 Å². The highest BCUT2D eigenvalue weighted by Gasteiger charge is 2.28. The lowest BCUT2D eigenvalue weighted by molar-refractivity contribution is -0.139. The Labute approximate surface area is 188 Å². The number of nitrogens with zero attached hydrogens (tertiary/aromatic N) is 2. The first-order valence-corrected chi connectivity index (χ1v) is 11.4. The SMILES string of the molecule is C/C=C(\C)CCc1c(CC)c(C(=O)C=O)c2c(OCC(=O)O)nc(C3CCCCC3)cn12. The van der Waals surface area contributed by atoms with Crippen molar-refractivity contribution < 1.29 is 24.2 Å². The number of carbonyl (C=O) groups excluding carboxylic acids is 2. The molecule has 1 fully saturated rings. The van der Waals surface area contributed by atoms with Gasteiger partial charge in [-0.3, -0.25) is 9.59 Å². The number of rotatable bonds is 10. The third-order valence-electron chi connectivity index (χ3n) is 6.42. The molecule has 0 aromatic carbocycles. The smallest absolute Gasteiger partial charge is 0.341 e. The molecule has 1 saturated carbocycles. The van der Waals surface area contributed by atoms with E-state index in [2.05, 4.69) is 18.0 Å². The van der Waals surface area contributed by atoms with E-state index in [9.17, 15) is 19.5 Å². The maximum Gasteiger partial charge on any atom is 0.341 e. The summed E-state index contributed by atoms with van der Waals surface area (Å²) in [5.74, 6) is -1.38. The van der Waals surface area contributed by atoms with E-state index in [0.717, 1.165) is 49.1 Å². The van der Waals surface area contributed by atoms with E-state index in [1.54, 1.807) is 0 Å². The van der Waals surface area contributed by atoms with Gasteiger partial charge in [-0.25, -0.2) is 9.78 Å². The Kier molecular flexibility index (Phi) is 7.83. The van der Waals surface area contributed by atoms with Gasteiger partial charge in [-0.1, -0.05) is 37.8 Å². The lowest BCUT2D eigenvalue weighted by Gasteiger charge is -2.22. The summed E-state index contributed by atoms with van der Waals surface area (Å²) in [6.07, 6.45) is 11.9. The Hall–Kier alpha value is -2.96. The van der Waals surface area contributed by atoms with Gasteiger partial charge < -0.3 is 14.2 Å². The minimum Gasteiger partial charge on any atom is -0.479 e. The highest BCUT2D eigenvalue weighted by atomic mass is 16.5. The Bertz CT molecular complexity index is 1040. The molecule has 32 heavy (non-hydrogen) atoms. The molecular weight excluding hydrogens is 408 g/mol. The molecular formula is C25H32N2O5. The fraction of sp³-hybridized carbons (Fsp3) is 0.520. The second-order valence-corrected chi connectivity index (χ2v) is 8.48. The molecule has 172 valence electrons. The minimum absolute atomic E-state index is 0.115.